The van der Waals surface area contributed by atoms with Crippen LogP contribution in [0.4, 0.5) is 5.69 Å². The fourth-order valence-corrected chi connectivity index (χ4v) is 4.17. The second-order valence-electron chi connectivity index (χ2n) is 8.24. The molecule has 0 unspecified atom stereocenters. The molecule has 0 spiro atoms. The van der Waals surface area contributed by atoms with Gasteiger partial charge in [-0.25, -0.2) is 4.98 Å². The van der Waals surface area contributed by atoms with E-state index in [9.17, 15) is 9.59 Å². The third kappa shape index (κ3) is 4.46. The molecule has 31 heavy (non-hydrogen) atoms. The first-order valence-corrected chi connectivity index (χ1v) is 10.7. The molecule has 0 fully saturated rings. The minimum absolute atomic E-state index is 0.0211. The summed E-state index contributed by atoms with van der Waals surface area (Å²) >= 11 is 0. The number of aromatic nitrogens is 2. The van der Waals surface area contributed by atoms with Crippen molar-refractivity contribution in [1.29, 1.82) is 0 Å². The number of likely N-dealkylation sites (N-methyl/N-ethyl adjacent to an activating group) is 1. The van der Waals surface area contributed by atoms with Crippen LogP contribution in [-0.4, -0.2) is 64.4 Å². The minimum atomic E-state index is -0.0237. The van der Waals surface area contributed by atoms with Crippen molar-refractivity contribution in [2.75, 3.05) is 38.1 Å². The van der Waals surface area contributed by atoms with Gasteiger partial charge in [-0.1, -0.05) is 18.2 Å². The highest BCUT2D eigenvalue weighted by Gasteiger charge is 2.22. The maximum Gasteiger partial charge on any atom is 0.254 e. The van der Waals surface area contributed by atoms with Gasteiger partial charge in [0.05, 0.1) is 17.4 Å². The Morgan fingerprint density at radius 1 is 0.968 bits per heavy atom. The summed E-state index contributed by atoms with van der Waals surface area (Å²) in [5.74, 6) is -0.00259. The number of benzene rings is 2. The average molecular weight is 420 g/mol. The second kappa shape index (κ2) is 8.89. The molecule has 2 heterocycles. The van der Waals surface area contributed by atoms with E-state index in [1.54, 1.807) is 13.3 Å². The number of imidazole rings is 1. The fourth-order valence-electron chi connectivity index (χ4n) is 4.17. The van der Waals surface area contributed by atoms with Gasteiger partial charge in [0.15, 0.2) is 0 Å². The monoisotopic (exact) mass is 419 g/mol. The Kier molecular flexibility index (Phi) is 6.04. The number of hydrogen-bond acceptors (Lipinski definition) is 4. The zero-order valence-corrected chi connectivity index (χ0v) is 18.4. The summed E-state index contributed by atoms with van der Waals surface area (Å²) in [5, 5.41) is 0. The van der Waals surface area contributed by atoms with Crippen LogP contribution < -0.4 is 4.90 Å². The highest BCUT2D eigenvalue weighted by Crippen LogP contribution is 2.24. The Bertz CT molecular complexity index is 1110. The molecule has 0 saturated heterocycles. The molecule has 1 aliphatic heterocycles. The Labute approximate surface area is 182 Å². The smallest absolute Gasteiger partial charge is 0.254 e. The van der Waals surface area contributed by atoms with Gasteiger partial charge in [0.1, 0.15) is 0 Å². The van der Waals surface area contributed by atoms with Crippen molar-refractivity contribution in [2.45, 2.75) is 19.9 Å². The molecule has 0 aliphatic carbocycles. The number of rotatable bonds is 1. The van der Waals surface area contributed by atoms with E-state index in [-0.39, 0.29) is 11.8 Å². The molecule has 7 nitrogen and oxygen atoms in total. The first-order chi connectivity index (χ1) is 14.9. The lowest BCUT2D eigenvalue weighted by molar-refractivity contribution is -0.116. The van der Waals surface area contributed by atoms with E-state index in [2.05, 4.69) is 16.9 Å². The maximum absolute atomic E-state index is 13.5. The molecule has 3 aromatic rings. The third-order valence-electron chi connectivity index (χ3n) is 5.96. The number of anilines is 1. The molecular formula is C24H29N5O2. The lowest BCUT2D eigenvalue weighted by Gasteiger charge is -2.27. The van der Waals surface area contributed by atoms with Crippen LogP contribution in [0.25, 0.3) is 11.0 Å². The zero-order chi connectivity index (χ0) is 22.0. The summed E-state index contributed by atoms with van der Waals surface area (Å²) in [5.41, 5.74) is 4.30. The molecule has 4 rings (SSSR count). The normalized spacial score (nSPS) is 16.1. The number of carbonyl (C=O) groups excluding carboxylic acids is 2. The summed E-state index contributed by atoms with van der Waals surface area (Å²) in [4.78, 5) is 36.2. The summed E-state index contributed by atoms with van der Waals surface area (Å²) in [6, 6.07) is 13.6. The SMILES string of the molecule is CC(=O)N1CCCN(C)CCN(C(=O)c2ccc3c(c2)ncn3C)Cc2ccccc21. The number of carbonyl (C=O) groups is 2. The fraction of sp³-hybridized carbons (Fsp3) is 0.375. The van der Waals surface area contributed by atoms with Crippen LogP contribution in [0.15, 0.2) is 48.8 Å². The number of fused-ring (bicyclic) bond motifs is 2. The van der Waals surface area contributed by atoms with Crippen LogP contribution in [0.2, 0.25) is 0 Å². The molecule has 2 aromatic carbocycles. The Balaban J connectivity index is 1.70. The third-order valence-corrected chi connectivity index (χ3v) is 5.96. The van der Waals surface area contributed by atoms with E-state index in [1.165, 1.54) is 0 Å². The van der Waals surface area contributed by atoms with Gasteiger partial charge in [-0.3, -0.25) is 9.59 Å². The van der Waals surface area contributed by atoms with Crippen molar-refractivity contribution in [2.24, 2.45) is 7.05 Å². The van der Waals surface area contributed by atoms with Crippen LogP contribution in [0, 0.1) is 0 Å². The highest BCUT2D eigenvalue weighted by molar-refractivity contribution is 5.97. The molecule has 0 bridgehead atoms. The van der Waals surface area contributed by atoms with Crippen molar-refractivity contribution in [1.82, 2.24) is 19.4 Å². The largest absolute Gasteiger partial charge is 0.334 e. The lowest BCUT2D eigenvalue weighted by atomic mass is 10.1. The molecule has 2 amide bonds. The van der Waals surface area contributed by atoms with Gasteiger partial charge < -0.3 is 19.3 Å². The van der Waals surface area contributed by atoms with Gasteiger partial charge in [-0.15, -0.1) is 0 Å². The summed E-state index contributed by atoms with van der Waals surface area (Å²) < 4.78 is 1.94. The lowest BCUT2D eigenvalue weighted by Crippen LogP contribution is -2.37. The van der Waals surface area contributed by atoms with Gasteiger partial charge in [0.25, 0.3) is 5.91 Å². The van der Waals surface area contributed by atoms with Gasteiger partial charge >= 0.3 is 0 Å². The topological polar surface area (TPSA) is 61.7 Å². The van der Waals surface area contributed by atoms with Crippen molar-refractivity contribution in [3.05, 3.63) is 59.9 Å². The van der Waals surface area contributed by atoms with Gasteiger partial charge in [0, 0.05) is 51.4 Å². The Morgan fingerprint density at radius 2 is 1.77 bits per heavy atom. The summed E-state index contributed by atoms with van der Waals surface area (Å²) in [7, 11) is 4.00. The highest BCUT2D eigenvalue weighted by atomic mass is 16.2. The van der Waals surface area contributed by atoms with E-state index in [0.29, 0.717) is 25.2 Å². The Hall–Kier alpha value is -3.19. The van der Waals surface area contributed by atoms with Crippen molar-refractivity contribution in [3.63, 3.8) is 0 Å². The van der Waals surface area contributed by atoms with Crippen LogP contribution in [-0.2, 0) is 18.4 Å². The first kappa shape index (κ1) is 21.1. The summed E-state index contributed by atoms with van der Waals surface area (Å²) in [6.07, 6.45) is 2.64. The van der Waals surface area contributed by atoms with E-state index in [0.717, 1.165) is 41.8 Å². The van der Waals surface area contributed by atoms with Crippen LogP contribution in [0.5, 0.6) is 0 Å². The second-order valence-corrected chi connectivity index (χ2v) is 8.24. The number of nitrogens with zero attached hydrogens (tertiary/aromatic N) is 5. The standard InChI is InChI=1S/C24H29N5O2/c1-18(30)29-12-6-11-26(2)13-14-28(16-20-7-4-5-8-22(20)29)24(31)19-9-10-23-21(15-19)25-17-27(23)3/h4-5,7-10,15,17H,6,11-14,16H2,1-3H3. The molecule has 1 aliphatic rings. The zero-order valence-electron chi connectivity index (χ0n) is 18.4. The van der Waals surface area contributed by atoms with E-state index in [4.69, 9.17) is 0 Å². The quantitative estimate of drug-likeness (QED) is 0.609. The molecule has 0 saturated carbocycles. The molecule has 0 atom stereocenters. The number of aryl methyl sites for hydroxylation is 1. The van der Waals surface area contributed by atoms with E-state index >= 15 is 0 Å². The molecular weight excluding hydrogens is 390 g/mol. The van der Waals surface area contributed by atoms with Crippen molar-refractivity contribution >= 4 is 28.5 Å². The number of para-hydroxylation sites is 1. The van der Waals surface area contributed by atoms with E-state index < -0.39 is 0 Å². The molecule has 0 radical (unpaired) electrons. The first-order valence-electron chi connectivity index (χ1n) is 10.7. The van der Waals surface area contributed by atoms with Crippen molar-refractivity contribution < 1.29 is 9.59 Å². The molecule has 7 heteroatoms. The average Bonchev–Trinajstić information content (AvgIpc) is 3.12. The molecule has 162 valence electrons. The van der Waals surface area contributed by atoms with E-state index in [1.807, 2.05) is 63.9 Å². The van der Waals surface area contributed by atoms with Gasteiger partial charge in [0.2, 0.25) is 5.91 Å². The van der Waals surface area contributed by atoms with Gasteiger partial charge in [-0.2, -0.15) is 0 Å². The predicted octanol–water partition coefficient (Wildman–Crippen LogP) is 2.90. The van der Waals surface area contributed by atoms with Crippen molar-refractivity contribution in [3.8, 4) is 0 Å². The maximum atomic E-state index is 13.5. The molecule has 1 aromatic heterocycles. The number of hydrogen-bond donors (Lipinski definition) is 0. The summed E-state index contributed by atoms with van der Waals surface area (Å²) in [6.45, 7) is 4.98. The number of amides is 2. The van der Waals surface area contributed by atoms with Crippen LogP contribution in [0.3, 0.4) is 0 Å². The molecule has 0 N–H and O–H groups in total. The van der Waals surface area contributed by atoms with Crippen LogP contribution in [0.1, 0.15) is 29.3 Å². The van der Waals surface area contributed by atoms with Gasteiger partial charge in [-0.05, 0) is 49.8 Å². The minimum Gasteiger partial charge on any atom is -0.334 e. The van der Waals surface area contributed by atoms with Crippen LogP contribution >= 0.6 is 0 Å². The predicted molar refractivity (Wildman–Crippen MR) is 122 cm³/mol. The Morgan fingerprint density at radius 3 is 2.58 bits per heavy atom.